The second-order valence-corrected chi connectivity index (χ2v) is 3.16. The lowest BCUT2D eigenvalue weighted by Gasteiger charge is -2.00. The zero-order valence-corrected chi connectivity index (χ0v) is 9.95. The first-order chi connectivity index (χ1) is 5.81. The van der Waals surface area contributed by atoms with E-state index in [4.69, 9.17) is 23.2 Å². The lowest BCUT2D eigenvalue weighted by Crippen LogP contribution is -1.91. The topological polar surface area (TPSA) is 35.5 Å². The van der Waals surface area contributed by atoms with Gasteiger partial charge >= 0.3 is 8.25 Å². The van der Waals surface area contributed by atoms with Crippen LogP contribution < -0.4 is 0 Å². The summed E-state index contributed by atoms with van der Waals surface area (Å²) in [4.78, 5) is 0. The maximum Gasteiger partial charge on any atom is 0.319 e. The van der Waals surface area contributed by atoms with Gasteiger partial charge in [-0.15, -0.1) is 34.8 Å². The minimum atomic E-state index is -2.33. The maximum atomic E-state index is 10.6. The Morgan fingerprint density at radius 1 is 1.08 bits per heavy atom. The molecule has 0 aromatic heterocycles. The van der Waals surface area contributed by atoms with E-state index >= 15 is 0 Å². The molecule has 0 N–H and O–H groups in total. The van der Waals surface area contributed by atoms with Crippen molar-refractivity contribution in [2.75, 3.05) is 31.4 Å². The van der Waals surface area contributed by atoms with Crippen molar-refractivity contribution >= 4 is 43.1 Å². The Hall–Kier alpha value is 1.02. The molecule has 3 nitrogen and oxygen atoms in total. The lowest BCUT2D eigenvalue weighted by molar-refractivity contribution is 0.245. The predicted molar refractivity (Wildman–Crippen MR) is 54.1 cm³/mol. The molecule has 0 aliphatic rings. The highest BCUT2D eigenvalue weighted by Gasteiger charge is 1.96. The largest absolute Gasteiger partial charge is 0.319 e. The van der Waals surface area contributed by atoms with E-state index < -0.39 is 8.25 Å². The van der Waals surface area contributed by atoms with Gasteiger partial charge in [0, 0.05) is 18.1 Å². The highest BCUT2D eigenvalue weighted by atomic mass is 35.5. The average Bonchev–Trinajstić information content (AvgIpc) is 2.14. The van der Waals surface area contributed by atoms with Crippen molar-refractivity contribution in [3.05, 3.63) is 0 Å². The van der Waals surface area contributed by atoms with E-state index in [1.807, 2.05) is 0 Å². The van der Waals surface area contributed by atoms with Crippen LogP contribution in [0.2, 0.25) is 0 Å². The summed E-state index contributed by atoms with van der Waals surface area (Å²) < 4.78 is 19.8. The van der Waals surface area contributed by atoms with E-state index in [2.05, 4.69) is 20.6 Å². The van der Waals surface area contributed by atoms with Gasteiger partial charge in [-0.25, -0.2) is 0 Å². The first-order valence-corrected chi connectivity index (χ1v) is 6.15. The summed E-state index contributed by atoms with van der Waals surface area (Å²) in [5.41, 5.74) is 0. The minimum Gasteiger partial charge on any atom is -0.309 e. The Morgan fingerprint density at radius 2 is 1.42 bits per heavy atom. The molecule has 0 aromatic rings. The van der Waals surface area contributed by atoms with E-state index in [1.54, 1.807) is 0 Å². The third kappa shape index (κ3) is 13.6. The molecule has 0 aromatic carbocycles. The normalized spacial score (nSPS) is 9.42. The van der Waals surface area contributed by atoms with E-state index in [0.717, 1.165) is 0 Å². The molecular formula is C5H12Cl3O3P. The fraction of sp³-hybridized carbons (Fsp3) is 1.00. The van der Waals surface area contributed by atoms with E-state index in [-0.39, 0.29) is 13.2 Å². The van der Waals surface area contributed by atoms with Crippen LogP contribution in [0.3, 0.4) is 0 Å². The molecule has 0 aliphatic heterocycles. The average molecular weight is 257 g/mol. The molecular weight excluding hydrogens is 245 g/mol. The number of rotatable bonds is 6. The molecule has 76 valence electrons. The molecule has 0 saturated heterocycles. The fourth-order valence-corrected chi connectivity index (χ4v) is 1.32. The van der Waals surface area contributed by atoms with Gasteiger partial charge < -0.3 is 9.05 Å². The number of hydrogen-bond acceptors (Lipinski definition) is 3. The Kier molecular flexibility index (Phi) is 18.8. The predicted octanol–water partition coefficient (Wildman–Crippen LogP) is 2.74. The van der Waals surface area contributed by atoms with Gasteiger partial charge in [0.15, 0.2) is 0 Å². The van der Waals surface area contributed by atoms with Crippen LogP contribution in [-0.2, 0) is 13.6 Å². The van der Waals surface area contributed by atoms with E-state index in [0.29, 0.717) is 11.8 Å². The first-order valence-electron chi connectivity index (χ1n) is 3.10. The fourth-order valence-electron chi connectivity index (χ4n) is 0.285. The quantitative estimate of drug-likeness (QED) is 0.542. The molecule has 0 amide bonds. The highest BCUT2D eigenvalue weighted by molar-refractivity contribution is 7.33. The van der Waals surface area contributed by atoms with Crippen molar-refractivity contribution in [3.63, 3.8) is 0 Å². The Labute approximate surface area is 88.2 Å². The number of halogens is 3. The molecule has 0 unspecified atom stereocenters. The minimum absolute atomic E-state index is 0.252. The van der Waals surface area contributed by atoms with Gasteiger partial charge in [0.25, 0.3) is 0 Å². The summed E-state index contributed by atoms with van der Waals surface area (Å²) in [6.07, 6.45) is 1.47. The van der Waals surface area contributed by atoms with Crippen LogP contribution in [0.25, 0.3) is 0 Å². The zero-order chi connectivity index (χ0) is 9.82. The van der Waals surface area contributed by atoms with Gasteiger partial charge in [-0.05, 0) is 0 Å². The summed E-state index contributed by atoms with van der Waals surface area (Å²) in [7, 11) is -2.33. The van der Waals surface area contributed by atoms with Crippen molar-refractivity contribution in [1.29, 1.82) is 0 Å². The maximum absolute atomic E-state index is 10.6. The second-order valence-electron chi connectivity index (χ2n) is 1.32. The standard InChI is InChI=1S/C4H9Cl2O3P.CH3Cl/c5-1-3-8-10(7)9-4-2-6;1-2/h10H,1-4H2;1H3. The molecule has 0 atom stereocenters. The van der Waals surface area contributed by atoms with Gasteiger partial charge in [-0.2, -0.15) is 0 Å². The first kappa shape index (κ1) is 15.5. The van der Waals surface area contributed by atoms with Crippen LogP contribution in [0.5, 0.6) is 0 Å². The van der Waals surface area contributed by atoms with Gasteiger partial charge in [-0.1, -0.05) is 0 Å². The van der Waals surface area contributed by atoms with Gasteiger partial charge in [0.2, 0.25) is 0 Å². The Bertz CT molecular complexity index is 93.9. The Balaban J connectivity index is 0. The van der Waals surface area contributed by atoms with Crippen LogP contribution in [0.1, 0.15) is 0 Å². The van der Waals surface area contributed by atoms with Crippen LogP contribution in [0, 0.1) is 0 Å². The highest BCUT2D eigenvalue weighted by Crippen LogP contribution is 2.22. The third-order valence-corrected chi connectivity index (χ3v) is 1.78. The summed E-state index contributed by atoms with van der Waals surface area (Å²) in [6.45, 7) is 0.503. The molecule has 0 fully saturated rings. The van der Waals surface area contributed by atoms with Crippen molar-refractivity contribution in [1.82, 2.24) is 0 Å². The third-order valence-electron chi connectivity index (χ3n) is 0.594. The lowest BCUT2D eigenvalue weighted by atomic mass is 10.9. The molecule has 0 bridgehead atoms. The molecule has 7 heteroatoms. The van der Waals surface area contributed by atoms with Crippen molar-refractivity contribution in [3.8, 4) is 0 Å². The van der Waals surface area contributed by atoms with Crippen molar-refractivity contribution in [2.45, 2.75) is 0 Å². The second kappa shape index (κ2) is 14.5. The van der Waals surface area contributed by atoms with Crippen LogP contribution in [0.15, 0.2) is 0 Å². The monoisotopic (exact) mass is 256 g/mol. The molecule has 0 rings (SSSR count). The van der Waals surface area contributed by atoms with E-state index in [1.165, 1.54) is 6.38 Å². The van der Waals surface area contributed by atoms with Crippen molar-refractivity contribution in [2.24, 2.45) is 0 Å². The molecule has 12 heavy (non-hydrogen) atoms. The van der Waals surface area contributed by atoms with Crippen LogP contribution >= 0.6 is 43.1 Å². The van der Waals surface area contributed by atoms with Crippen LogP contribution in [-0.4, -0.2) is 31.4 Å². The van der Waals surface area contributed by atoms with Crippen LogP contribution in [0.4, 0.5) is 0 Å². The van der Waals surface area contributed by atoms with Crippen molar-refractivity contribution < 1.29 is 13.6 Å². The van der Waals surface area contributed by atoms with E-state index in [9.17, 15) is 4.57 Å². The number of hydrogen-bond donors (Lipinski definition) is 0. The molecule has 0 heterocycles. The van der Waals surface area contributed by atoms with Gasteiger partial charge in [-0.3, -0.25) is 4.57 Å². The van der Waals surface area contributed by atoms with Gasteiger partial charge in [0.05, 0.1) is 13.2 Å². The smallest absolute Gasteiger partial charge is 0.309 e. The molecule has 0 spiro atoms. The number of alkyl halides is 3. The zero-order valence-electron chi connectivity index (χ0n) is 6.69. The molecule has 0 radical (unpaired) electrons. The SMILES string of the molecule is CCl.O=[PH](OCCCl)OCCCl. The van der Waals surface area contributed by atoms with Gasteiger partial charge in [0.1, 0.15) is 0 Å². The summed E-state index contributed by atoms with van der Waals surface area (Å²) in [5, 5.41) is 0. The Morgan fingerprint density at radius 3 is 1.67 bits per heavy atom. The molecule has 0 aliphatic carbocycles. The molecule has 0 saturated carbocycles. The summed E-state index contributed by atoms with van der Waals surface area (Å²) in [5.74, 6) is 0.640. The summed E-state index contributed by atoms with van der Waals surface area (Å²) in [6, 6.07) is 0. The summed E-state index contributed by atoms with van der Waals surface area (Å²) >= 11 is 15.1.